The van der Waals surface area contributed by atoms with Gasteiger partial charge in [0.1, 0.15) is 5.60 Å². The second kappa shape index (κ2) is 12.6. The van der Waals surface area contributed by atoms with Crippen molar-refractivity contribution in [3.63, 3.8) is 0 Å². The van der Waals surface area contributed by atoms with E-state index in [2.05, 4.69) is 6.92 Å². The third kappa shape index (κ3) is 5.78. The van der Waals surface area contributed by atoms with E-state index < -0.39 is 53.7 Å². The Hall–Kier alpha value is -1.47. The lowest BCUT2D eigenvalue weighted by Crippen LogP contribution is -2.58. The van der Waals surface area contributed by atoms with Gasteiger partial charge in [-0.3, -0.25) is 14.4 Å². The molecule has 2 heterocycles. The van der Waals surface area contributed by atoms with Crippen molar-refractivity contribution in [1.82, 2.24) is 0 Å². The SMILES string of the molecule is C.C.C.C.CCOC1CCC(C)C(C2C(=O)OC(=O)C2C(C)C(=O)OC2(C)C3CC4CC(C3)CC2C4)O1. The highest BCUT2D eigenvalue weighted by Crippen LogP contribution is 2.59. The monoisotopic (exact) mass is 526 g/mol. The van der Waals surface area contributed by atoms with Gasteiger partial charge in [0, 0.05) is 6.61 Å². The maximum atomic E-state index is 13.4. The Morgan fingerprint density at radius 1 is 0.973 bits per heavy atom. The topological polar surface area (TPSA) is 88.1 Å². The minimum Gasteiger partial charge on any atom is -0.459 e. The van der Waals surface area contributed by atoms with Crippen molar-refractivity contribution in [3.05, 3.63) is 0 Å². The van der Waals surface area contributed by atoms with E-state index in [1.54, 1.807) is 6.92 Å². The zero-order valence-electron chi connectivity index (χ0n) is 20.3. The molecule has 7 heteroatoms. The van der Waals surface area contributed by atoms with Crippen molar-refractivity contribution in [2.24, 2.45) is 47.3 Å². The first-order valence-electron chi connectivity index (χ1n) is 13.0. The predicted molar refractivity (Wildman–Crippen MR) is 144 cm³/mol. The predicted octanol–water partition coefficient (Wildman–Crippen LogP) is 6.42. The lowest BCUT2D eigenvalue weighted by molar-refractivity contribution is -0.224. The molecule has 37 heavy (non-hydrogen) atoms. The summed E-state index contributed by atoms with van der Waals surface area (Å²) in [6, 6.07) is 0. The van der Waals surface area contributed by atoms with E-state index in [-0.39, 0.29) is 35.6 Å². The van der Waals surface area contributed by atoms with Gasteiger partial charge >= 0.3 is 17.9 Å². The number of hydrogen-bond donors (Lipinski definition) is 0. The van der Waals surface area contributed by atoms with Gasteiger partial charge in [0.15, 0.2) is 6.29 Å². The molecule has 0 N–H and O–H groups in total. The molecule has 0 aromatic heterocycles. The Labute approximate surface area is 225 Å². The molecule has 0 radical (unpaired) electrons. The fraction of sp³-hybridized carbons (Fsp3) is 0.900. The number of esters is 3. The second-order valence-corrected chi connectivity index (χ2v) is 11.5. The summed E-state index contributed by atoms with van der Waals surface area (Å²) >= 11 is 0. The average molecular weight is 527 g/mol. The van der Waals surface area contributed by atoms with Crippen LogP contribution in [0.2, 0.25) is 0 Å². The molecule has 7 nitrogen and oxygen atoms in total. The highest BCUT2D eigenvalue weighted by Gasteiger charge is 2.59. The van der Waals surface area contributed by atoms with Crippen LogP contribution in [0.1, 0.15) is 102 Å². The molecule has 6 rings (SSSR count). The summed E-state index contributed by atoms with van der Waals surface area (Å²) in [4.78, 5) is 39.0. The highest BCUT2D eigenvalue weighted by molar-refractivity contribution is 5.99. The summed E-state index contributed by atoms with van der Waals surface area (Å²) in [5, 5.41) is 0. The maximum absolute atomic E-state index is 13.4. The van der Waals surface area contributed by atoms with Crippen LogP contribution in [-0.2, 0) is 33.3 Å². The number of carbonyl (C=O) groups excluding carboxylic acids is 3. The first-order chi connectivity index (χ1) is 15.7. The molecule has 2 saturated heterocycles. The first kappa shape index (κ1) is 33.6. The molecule has 216 valence electrons. The van der Waals surface area contributed by atoms with Crippen molar-refractivity contribution in [2.45, 2.75) is 120 Å². The average Bonchev–Trinajstić information content (AvgIpc) is 3.06. The van der Waals surface area contributed by atoms with Crippen LogP contribution in [0, 0.1) is 47.3 Å². The highest BCUT2D eigenvalue weighted by atomic mass is 16.7. The van der Waals surface area contributed by atoms with Gasteiger partial charge in [0.2, 0.25) is 0 Å². The molecule has 6 aliphatic rings. The maximum Gasteiger partial charge on any atom is 0.320 e. The second-order valence-electron chi connectivity index (χ2n) is 11.5. The van der Waals surface area contributed by atoms with E-state index in [9.17, 15) is 14.4 Å². The number of hydrogen-bond acceptors (Lipinski definition) is 7. The Balaban J connectivity index is 0.00000171. The van der Waals surface area contributed by atoms with E-state index in [0.717, 1.165) is 50.4 Å². The van der Waals surface area contributed by atoms with E-state index in [1.807, 2.05) is 13.8 Å². The number of cyclic esters (lactones) is 2. The van der Waals surface area contributed by atoms with Crippen LogP contribution >= 0.6 is 0 Å². The van der Waals surface area contributed by atoms with Crippen molar-refractivity contribution < 1.29 is 33.3 Å². The molecule has 2 aliphatic heterocycles. The van der Waals surface area contributed by atoms with Gasteiger partial charge in [0.05, 0.1) is 23.9 Å². The number of carbonyl (C=O) groups is 3. The number of rotatable bonds is 6. The fourth-order valence-electron chi connectivity index (χ4n) is 7.81. The fourth-order valence-corrected chi connectivity index (χ4v) is 7.81. The van der Waals surface area contributed by atoms with Crippen LogP contribution in [0.4, 0.5) is 0 Å². The third-order valence-corrected chi connectivity index (χ3v) is 9.56. The minimum absolute atomic E-state index is 0. The summed E-state index contributed by atoms with van der Waals surface area (Å²) in [5.41, 5.74) is -0.477. The largest absolute Gasteiger partial charge is 0.459 e. The van der Waals surface area contributed by atoms with Crippen LogP contribution in [-0.4, -0.2) is 42.5 Å². The lowest BCUT2D eigenvalue weighted by atomic mass is 9.50. The van der Waals surface area contributed by atoms with Gasteiger partial charge in [-0.05, 0) is 88.4 Å². The van der Waals surface area contributed by atoms with E-state index >= 15 is 0 Å². The Morgan fingerprint density at radius 3 is 2.08 bits per heavy atom. The van der Waals surface area contributed by atoms with Gasteiger partial charge < -0.3 is 18.9 Å². The van der Waals surface area contributed by atoms with Gasteiger partial charge in [0.25, 0.3) is 0 Å². The van der Waals surface area contributed by atoms with Crippen LogP contribution in [0.25, 0.3) is 0 Å². The smallest absolute Gasteiger partial charge is 0.320 e. The standard InChI is InChI=1S/C26H38O7.4CH4/c1-5-30-19-7-6-13(2)22(31-19)21-20(24(28)32-25(21)29)14(3)23(27)33-26(4)17-9-15-8-16(11-17)12-18(26)10-15;;;;/h13-22H,5-12H2,1-4H3;4*1H4. The molecule has 6 atom stereocenters. The van der Waals surface area contributed by atoms with Gasteiger partial charge in [-0.25, -0.2) is 0 Å². The Morgan fingerprint density at radius 2 is 1.54 bits per heavy atom. The van der Waals surface area contributed by atoms with Gasteiger partial charge in [-0.15, -0.1) is 0 Å². The quantitative estimate of drug-likeness (QED) is 0.291. The van der Waals surface area contributed by atoms with Crippen molar-refractivity contribution in [3.8, 4) is 0 Å². The molecule has 4 bridgehead atoms. The molecule has 6 fully saturated rings. The molecular weight excluding hydrogens is 472 g/mol. The van der Waals surface area contributed by atoms with E-state index in [4.69, 9.17) is 18.9 Å². The summed E-state index contributed by atoms with van der Waals surface area (Å²) in [7, 11) is 0. The van der Waals surface area contributed by atoms with Crippen LogP contribution in [0.5, 0.6) is 0 Å². The van der Waals surface area contributed by atoms with Crippen LogP contribution in [0.15, 0.2) is 0 Å². The zero-order valence-corrected chi connectivity index (χ0v) is 20.3. The Bertz CT molecular complexity index is 780. The summed E-state index contributed by atoms with van der Waals surface area (Å²) in [6.45, 7) is 8.22. The third-order valence-electron chi connectivity index (χ3n) is 9.56. The van der Waals surface area contributed by atoms with Gasteiger partial charge in [-0.1, -0.05) is 43.6 Å². The summed E-state index contributed by atoms with van der Waals surface area (Å²) < 4.78 is 23.1. The first-order valence-corrected chi connectivity index (χ1v) is 13.0. The minimum atomic E-state index is -0.890. The lowest BCUT2D eigenvalue weighted by Gasteiger charge is -2.59. The molecule has 0 spiro atoms. The van der Waals surface area contributed by atoms with Crippen LogP contribution < -0.4 is 0 Å². The van der Waals surface area contributed by atoms with Gasteiger partial charge in [-0.2, -0.15) is 0 Å². The molecule has 6 unspecified atom stereocenters. The Kier molecular flexibility index (Phi) is 11.4. The molecule has 0 aromatic carbocycles. The molecule has 4 saturated carbocycles. The molecule has 0 amide bonds. The number of ether oxygens (including phenoxy) is 4. The molecular formula is C30H54O7. The zero-order chi connectivity index (χ0) is 23.5. The van der Waals surface area contributed by atoms with E-state index in [0.29, 0.717) is 18.4 Å². The molecule has 0 aromatic rings. The summed E-state index contributed by atoms with van der Waals surface area (Å²) in [6.07, 6.45) is 6.48. The van der Waals surface area contributed by atoms with Crippen molar-refractivity contribution >= 4 is 17.9 Å². The molecule has 4 aliphatic carbocycles. The van der Waals surface area contributed by atoms with Crippen molar-refractivity contribution in [1.29, 1.82) is 0 Å². The normalized spacial score (nSPS) is 42.3. The summed E-state index contributed by atoms with van der Waals surface area (Å²) in [5.74, 6) is -1.72. The van der Waals surface area contributed by atoms with E-state index in [1.165, 1.54) is 6.42 Å². The van der Waals surface area contributed by atoms with Crippen molar-refractivity contribution in [2.75, 3.05) is 6.61 Å². The van der Waals surface area contributed by atoms with Crippen LogP contribution in [0.3, 0.4) is 0 Å².